The molecule has 90 valence electrons. The van der Waals surface area contributed by atoms with Gasteiger partial charge in [0, 0.05) is 13.1 Å². The molecule has 0 spiro atoms. The molecule has 0 aliphatic carbocycles. The smallest absolute Gasteiger partial charge is 0.207 e. The first-order valence-corrected chi connectivity index (χ1v) is 7.07. The van der Waals surface area contributed by atoms with Crippen molar-refractivity contribution in [3.8, 4) is 6.07 Å². The fraction of sp³-hybridized carbons (Fsp3) is 0.364. The molecular weight excluding hydrogens is 260 g/mol. The highest BCUT2D eigenvalue weighted by Gasteiger charge is 2.29. The van der Waals surface area contributed by atoms with Gasteiger partial charge in [-0.15, -0.1) is 0 Å². The SMILES string of the molecule is N#Cc1ccc(Cl)c(S(=O)(=O)N2CCCC2)c1. The summed E-state index contributed by atoms with van der Waals surface area (Å²) in [6.07, 6.45) is 1.74. The van der Waals surface area contributed by atoms with Gasteiger partial charge in [0.2, 0.25) is 10.0 Å². The lowest BCUT2D eigenvalue weighted by Gasteiger charge is -2.16. The molecule has 0 N–H and O–H groups in total. The summed E-state index contributed by atoms with van der Waals surface area (Å²) in [5, 5.41) is 8.95. The van der Waals surface area contributed by atoms with Crippen molar-refractivity contribution in [1.82, 2.24) is 4.31 Å². The fourth-order valence-electron chi connectivity index (χ4n) is 1.84. The lowest BCUT2D eigenvalue weighted by atomic mass is 10.2. The van der Waals surface area contributed by atoms with Crippen LogP contribution in [-0.4, -0.2) is 25.8 Å². The number of sulfonamides is 1. The van der Waals surface area contributed by atoms with Crippen LogP contribution in [0.4, 0.5) is 0 Å². The molecule has 0 saturated carbocycles. The second-order valence-electron chi connectivity index (χ2n) is 3.87. The molecule has 1 aromatic rings. The van der Waals surface area contributed by atoms with Gasteiger partial charge in [-0.3, -0.25) is 0 Å². The minimum absolute atomic E-state index is 0.0279. The molecule has 1 heterocycles. The van der Waals surface area contributed by atoms with Crippen molar-refractivity contribution in [2.75, 3.05) is 13.1 Å². The summed E-state index contributed by atoms with van der Waals surface area (Å²) < 4.78 is 25.9. The number of rotatable bonds is 2. The maximum Gasteiger partial charge on any atom is 0.244 e. The van der Waals surface area contributed by atoms with Gasteiger partial charge in [-0.25, -0.2) is 8.42 Å². The van der Waals surface area contributed by atoms with Crippen LogP contribution >= 0.6 is 11.6 Å². The summed E-state index contributed by atoms with van der Waals surface area (Å²) in [7, 11) is -3.55. The zero-order chi connectivity index (χ0) is 12.5. The van der Waals surface area contributed by atoms with Gasteiger partial charge in [0.05, 0.1) is 16.7 Å². The van der Waals surface area contributed by atoms with Crippen molar-refractivity contribution < 1.29 is 8.42 Å². The van der Waals surface area contributed by atoms with Crippen molar-refractivity contribution in [3.63, 3.8) is 0 Å². The third-order valence-electron chi connectivity index (χ3n) is 2.74. The van der Waals surface area contributed by atoms with E-state index in [1.54, 1.807) is 0 Å². The van der Waals surface area contributed by atoms with E-state index in [0.717, 1.165) is 12.8 Å². The monoisotopic (exact) mass is 270 g/mol. The maximum atomic E-state index is 12.3. The molecule has 4 nitrogen and oxygen atoms in total. The first-order valence-electron chi connectivity index (χ1n) is 5.25. The number of nitriles is 1. The third-order valence-corrected chi connectivity index (χ3v) is 5.12. The first-order chi connectivity index (χ1) is 8.05. The molecule has 1 aliphatic rings. The standard InChI is InChI=1S/C11H11ClN2O2S/c12-10-4-3-9(8-13)7-11(10)17(15,16)14-5-1-2-6-14/h3-4,7H,1-2,5-6H2. The van der Waals surface area contributed by atoms with Crippen LogP contribution in [0, 0.1) is 11.3 Å². The second-order valence-corrected chi connectivity index (χ2v) is 6.18. The number of hydrogen-bond acceptors (Lipinski definition) is 3. The number of hydrogen-bond donors (Lipinski definition) is 0. The van der Waals surface area contributed by atoms with E-state index < -0.39 is 10.0 Å². The molecule has 0 radical (unpaired) electrons. The average molecular weight is 271 g/mol. The summed E-state index contributed by atoms with van der Waals surface area (Å²) in [5.74, 6) is 0. The van der Waals surface area contributed by atoms with E-state index in [4.69, 9.17) is 16.9 Å². The van der Waals surface area contributed by atoms with Gasteiger partial charge in [-0.05, 0) is 31.0 Å². The van der Waals surface area contributed by atoms with Crippen molar-refractivity contribution in [2.24, 2.45) is 0 Å². The van der Waals surface area contributed by atoms with Gasteiger partial charge in [0.25, 0.3) is 0 Å². The zero-order valence-electron chi connectivity index (χ0n) is 9.06. The van der Waals surface area contributed by atoms with Gasteiger partial charge in [-0.2, -0.15) is 9.57 Å². The molecule has 1 aromatic carbocycles. The van der Waals surface area contributed by atoms with Crippen molar-refractivity contribution in [3.05, 3.63) is 28.8 Å². The van der Waals surface area contributed by atoms with Crippen LogP contribution in [0.15, 0.2) is 23.1 Å². The Morgan fingerprint density at radius 2 is 1.94 bits per heavy atom. The third kappa shape index (κ3) is 2.29. The summed E-state index contributed by atoms with van der Waals surface area (Å²) in [4.78, 5) is 0.0279. The van der Waals surface area contributed by atoms with Crippen LogP contribution in [0.2, 0.25) is 5.02 Å². The second kappa shape index (κ2) is 4.65. The Hall–Kier alpha value is -1.09. The Balaban J connectivity index is 2.49. The molecule has 0 bridgehead atoms. The summed E-state index contributed by atoms with van der Waals surface area (Å²) >= 11 is 5.90. The highest BCUT2D eigenvalue weighted by Crippen LogP contribution is 2.27. The summed E-state index contributed by atoms with van der Waals surface area (Å²) in [6.45, 7) is 1.05. The molecule has 0 amide bonds. The number of halogens is 1. The Kier molecular flexibility index (Phi) is 3.38. The Labute approximate surface area is 105 Å². The van der Waals surface area contributed by atoms with E-state index in [1.165, 1.54) is 22.5 Å². The van der Waals surface area contributed by atoms with E-state index in [9.17, 15) is 8.42 Å². The van der Waals surface area contributed by atoms with Crippen molar-refractivity contribution in [2.45, 2.75) is 17.7 Å². The fourth-order valence-corrected chi connectivity index (χ4v) is 3.86. The molecule has 0 aromatic heterocycles. The molecular formula is C11H11ClN2O2S. The Bertz CT molecular complexity index is 572. The van der Waals surface area contributed by atoms with Gasteiger partial charge in [-0.1, -0.05) is 11.6 Å². The Morgan fingerprint density at radius 1 is 1.29 bits per heavy atom. The molecule has 1 fully saturated rings. The predicted molar refractivity (Wildman–Crippen MR) is 64.2 cm³/mol. The van der Waals surface area contributed by atoms with Gasteiger partial charge in [0.1, 0.15) is 4.90 Å². The van der Waals surface area contributed by atoms with E-state index in [2.05, 4.69) is 0 Å². The number of benzene rings is 1. The summed E-state index contributed by atoms with van der Waals surface area (Å²) in [5.41, 5.74) is 0.298. The van der Waals surface area contributed by atoms with E-state index in [1.807, 2.05) is 6.07 Å². The van der Waals surface area contributed by atoms with Crippen LogP contribution in [0.3, 0.4) is 0 Å². The number of nitrogens with zero attached hydrogens (tertiary/aromatic N) is 2. The van der Waals surface area contributed by atoms with Gasteiger partial charge < -0.3 is 0 Å². The molecule has 17 heavy (non-hydrogen) atoms. The lowest BCUT2D eigenvalue weighted by molar-refractivity contribution is 0.477. The quantitative estimate of drug-likeness (QED) is 0.826. The molecule has 0 atom stereocenters. The highest BCUT2D eigenvalue weighted by atomic mass is 35.5. The summed E-state index contributed by atoms with van der Waals surface area (Å²) in [6, 6.07) is 6.20. The molecule has 1 aliphatic heterocycles. The van der Waals surface area contributed by atoms with Crippen LogP contribution in [0.25, 0.3) is 0 Å². The van der Waals surface area contributed by atoms with Crippen molar-refractivity contribution >= 4 is 21.6 Å². The minimum Gasteiger partial charge on any atom is -0.207 e. The lowest BCUT2D eigenvalue weighted by Crippen LogP contribution is -2.28. The van der Waals surface area contributed by atoms with E-state index in [-0.39, 0.29) is 9.92 Å². The zero-order valence-corrected chi connectivity index (χ0v) is 10.6. The average Bonchev–Trinajstić information content (AvgIpc) is 2.83. The maximum absolute atomic E-state index is 12.3. The largest absolute Gasteiger partial charge is 0.244 e. The molecule has 1 saturated heterocycles. The van der Waals surface area contributed by atoms with E-state index in [0.29, 0.717) is 18.7 Å². The topological polar surface area (TPSA) is 61.2 Å². The van der Waals surface area contributed by atoms with E-state index >= 15 is 0 Å². The molecule has 6 heteroatoms. The van der Waals surface area contributed by atoms with Crippen LogP contribution < -0.4 is 0 Å². The van der Waals surface area contributed by atoms with Crippen LogP contribution in [0.5, 0.6) is 0 Å². The molecule has 2 rings (SSSR count). The van der Waals surface area contributed by atoms with Gasteiger partial charge in [0.15, 0.2) is 0 Å². The van der Waals surface area contributed by atoms with Crippen molar-refractivity contribution in [1.29, 1.82) is 5.26 Å². The van der Waals surface area contributed by atoms with Crippen LogP contribution in [-0.2, 0) is 10.0 Å². The predicted octanol–water partition coefficient (Wildman–Crippen LogP) is 2.00. The Morgan fingerprint density at radius 3 is 2.53 bits per heavy atom. The van der Waals surface area contributed by atoms with Crippen LogP contribution in [0.1, 0.15) is 18.4 Å². The minimum atomic E-state index is -3.55. The normalized spacial score (nSPS) is 16.9. The first kappa shape index (κ1) is 12.4. The molecule has 0 unspecified atom stereocenters. The highest BCUT2D eigenvalue weighted by molar-refractivity contribution is 7.89. The van der Waals surface area contributed by atoms with Gasteiger partial charge >= 0.3 is 0 Å².